The summed E-state index contributed by atoms with van der Waals surface area (Å²) in [4.78, 5) is 19.1. The predicted molar refractivity (Wildman–Crippen MR) is 91.3 cm³/mol. The van der Waals surface area contributed by atoms with E-state index < -0.39 is 11.9 Å². The molecule has 1 aliphatic heterocycles. The summed E-state index contributed by atoms with van der Waals surface area (Å²) in [7, 11) is 0. The van der Waals surface area contributed by atoms with E-state index in [1.54, 1.807) is 12.3 Å². The van der Waals surface area contributed by atoms with Crippen molar-refractivity contribution >= 4 is 46.4 Å². The molecule has 0 saturated carbocycles. The molecule has 1 unspecified atom stereocenters. The Labute approximate surface area is 148 Å². The van der Waals surface area contributed by atoms with Crippen LogP contribution >= 0.6 is 35.3 Å². The number of nitrogen functional groups attached to an aromatic ring is 1. The summed E-state index contributed by atoms with van der Waals surface area (Å²) in [5.41, 5.74) is 5.84. The molecule has 2 aromatic rings. The number of amides is 1. The van der Waals surface area contributed by atoms with Crippen LogP contribution in [-0.4, -0.2) is 28.9 Å². The van der Waals surface area contributed by atoms with Crippen LogP contribution in [0.15, 0.2) is 24.4 Å². The van der Waals surface area contributed by atoms with Crippen LogP contribution in [0.3, 0.4) is 0 Å². The van der Waals surface area contributed by atoms with Crippen molar-refractivity contribution < 1.29 is 9.18 Å². The van der Waals surface area contributed by atoms with Crippen molar-refractivity contribution in [3.63, 3.8) is 0 Å². The first-order valence-electron chi connectivity index (χ1n) is 6.72. The highest BCUT2D eigenvalue weighted by molar-refractivity contribution is 7.15. The molecule has 9 heteroatoms. The Morgan fingerprint density at radius 3 is 2.96 bits per heavy atom. The molecular weight excluding hydrogens is 362 g/mol. The maximum absolute atomic E-state index is 14.2. The molecule has 3 N–H and O–H groups in total. The third-order valence-electron chi connectivity index (χ3n) is 3.52. The zero-order valence-corrected chi connectivity index (χ0v) is 14.3. The molecule has 3 rings (SSSR count). The molecule has 1 atom stereocenters. The molecule has 1 aromatic heterocycles. The largest absolute Gasteiger partial charge is 0.375 e. The third-order valence-corrected chi connectivity index (χ3v) is 4.66. The number of hydrogen-bond acceptors (Lipinski definition) is 5. The molecular formula is C14H15Cl2FN4OS. The van der Waals surface area contributed by atoms with Crippen molar-refractivity contribution in [3.8, 4) is 0 Å². The van der Waals surface area contributed by atoms with Gasteiger partial charge in [0.05, 0.1) is 0 Å². The Hall–Kier alpha value is -1.41. The standard InChI is InChI=1S/C14H14ClFN4OS.ClH/c15-9-2-1-3-10(16)11(9)12-13(21)18-4-5-20(12)7-8-6-19-14(17)22-8;/h1-3,6,12H,4-5,7H2,(H2,17,19)(H,18,21);1H. The van der Waals surface area contributed by atoms with Crippen LogP contribution in [0.25, 0.3) is 0 Å². The van der Waals surface area contributed by atoms with Crippen molar-refractivity contribution in [2.45, 2.75) is 12.6 Å². The van der Waals surface area contributed by atoms with Crippen LogP contribution in [0, 0.1) is 5.82 Å². The van der Waals surface area contributed by atoms with Gasteiger partial charge in [-0.1, -0.05) is 17.7 Å². The summed E-state index contributed by atoms with van der Waals surface area (Å²) in [6, 6.07) is 3.66. The van der Waals surface area contributed by atoms with Crippen molar-refractivity contribution in [3.05, 3.63) is 45.7 Å². The number of nitrogens with zero attached hydrogens (tertiary/aromatic N) is 2. The fraction of sp³-hybridized carbons (Fsp3) is 0.286. The number of hydrogen-bond donors (Lipinski definition) is 2. The fourth-order valence-corrected chi connectivity index (χ4v) is 3.54. The van der Waals surface area contributed by atoms with Gasteiger partial charge in [-0.25, -0.2) is 9.37 Å². The minimum absolute atomic E-state index is 0. The van der Waals surface area contributed by atoms with E-state index in [-0.39, 0.29) is 28.9 Å². The summed E-state index contributed by atoms with van der Waals surface area (Å²) < 4.78 is 14.2. The zero-order valence-electron chi connectivity index (χ0n) is 12.0. The SMILES string of the molecule is Cl.Nc1ncc(CN2CCNC(=O)C2c2c(F)cccc2Cl)s1. The lowest BCUT2D eigenvalue weighted by molar-refractivity contribution is -0.129. The maximum atomic E-state index is 14.2. The number of thiazole rings is 1. The van der Waals surface area contributed by atoms with Gasteiger partial charge in [0, 0.05) is 41.3 Å². The third kappa shape index (κ3) is 3.74. The van der Waals surface area contributed by atoms with Gasteiger partial charge in [0.1, 0.15) is 11.9 Å². The molecule has 5 nitrogen and oxygen atoms in total. The number of benzene rings is 1. The number of nitrogens with one attached hydrogen (secondary N) is 1. The van der Waals surface area contributed by atoms with E-state index in [4.69, 9.17) is 17.3 Å². The van der Waals surface area contributed by atoms with Gasteiger partial charge in [-0.05, 0) is 12.1 Å². The molecule has 1 aromatic carbocycles. The molecule has 1 fully saturated rings. The smallest absolute Gasteiger partial charge is 0.242 e. The first kappa shape index (κ1) is 17.9. The van der Waals surface area contributed by atoms with Crippen molar-refractivity contribution in [2.75, 3.05) is 18.8 Å². The van der Waals surface area contributed by atoms with Gasteiger partial charge in [-0.15, -0.1) is 23.7 Å². The van der Waals surface area contributed by atoms with Gasteiger partial charge in [-0.3, -0.25) is 9.69 Å². The molecule has 2 heterocycles. The van der Waals surface area contributed by atoms with Crippen LogP contribution in [0.4, 0.5) is 9.52 Å². The minimum atomic E-state index is -0.759. The number of rotatable bonds is 3. The average molecular weight is 377 g/mol. The summed E-state index contributed by atoms with van der Waals surface area (Å²) in [6.07, 6.45) is 1.67. The van der Waals surface area contributed by atoms with Crippen molar-refractivity contribution in [1.29, 1.82) is 0 Å². The minimum Gasteiger partial charge on any atom is -0.375 e. The van der Waals surface area contributed by atoms with Gasteiger partial charge in [0.2, 0.25) is 5.91 Å². The van der Waals surface area contributed by atoms with Gasteiger partial charge in [0.15, 0.2) is 5.13 Å². The average Bonchev–Trinajstić information content (AvgIpc) is 2.87. The molecule has 1 saturated heterocycles. The molecule has 23 heavy (non-hydrogen) atoms. The van der Waals surface area contributed by atoms with E-state index in [9.17, 15) is 9.18 Å². The van der Waals surface area contributed by atoms with Gasteiger partial charge in [0.25, 0.3) is 0 Å². The first-order chi connectivity index (χ1) is 10.6. The zero-order chi connectivity index (χ0) is 15.7. The lowest BCUT2D eigenvalue weighted by Gasteiger charge is -2.35. The molecule has 1 aliphatic rings. The summed E-state index contributed by atoms with van der Waals surface area (Å²) >= 11 is 7.48. The van der Waals surface area contributed by atoms with E-state index in [1.807, 2.05) is 4.90 Å². The van der Waals surface area contributed by atoms with Gasteiger partial charge in [-0.2, -0.15) is 0 Å². The van der Waals surface area contributed by atoms with Crippen LogP contribution in [0.2, 0.25) is 5.02 Å². The Bertz CT molecular complexity index is 692. The Morgan fingerprint density at radius 2 is 2.30 bits per heavy atom. The highest BCUT2D eigenvalue weighted by atomic mass is 35.5. The second kappa shape index (κ2) is 7.44. The lowest BCUT2D eigenvalue weighted by atomic mass is 10.0. The Kier molecular flexibility index (Phi) is 5.80. The van der Waals surface area contributed by atoms with E-state index in [0.717, 1.165) is 4.88 Å². The molecule has 0 radical (unpaired) electrons. The van der Waals surface area contributed by atoms with Crippen LogP contribution in [0.1, 0.15) is 16.5 Å². The number of carbonyl (C=O) groups is 1. The highest BCUT2D eigenvalue weighted by Gasteiger charge is 2.34. The van der Waals surface area contributed by atoms with Crippen LogP contribution < -0.4 is 11.1 Å². The van der Waals surface area contributed by atoms with Gasteiger partial charge >= 0.3 is 0 Å². The predicted octanol–water partition coefficient (Wildman–Crippen LogP) is 2.61. The topological polar surface area (TPSA) is 71.2 Å². The lowest BCUT2D eigenvalue weighted by Crippen LogP contribution is -2.49. The highest BCUT2D eigenvalue weighted by Crippen LogP contribution is 2.33. The molecule has 124 valence electrons. The number of halogens is 3. The second-order valence-corrected chi connectivity index (χ2v) is 6.52. The van der Waals surface area contributed by atoms with Crippen molar-refractivity contribution in [2.24, 2.45) is 0 Å². The molecule has 1 amide bonds. The summed E-state index contributed by atoms with van der Waals surface area (Å²) in [5, 5.41) is 3.48. The fourth-order valence-electron chi connectivity index (χ4n) is 2.57. The normalized spacial score (nSPS) is 18.3. The van der Waals surface area contributed by atoms with E-state index in [2.05, 4.69) is 10.3 Å². The second-order valence-electron chi connectivity index (χ2n) is 4.96. The molecule has 0 spiro atoms. The quantitative estimate of drug-likeness (QED) is 0.863. The van der Waals surface area contributed by atoms with Crippen molar-refractivity contribution in [1.82, 2.24) is 15.2 Å². The van der Waals surface area contributed by atoms with E-state index in [1.165, 1.54) is 23.5 Å². The van der Waals surface area contributed by atoms with Crippen LogP contribution in [0.5, 0.6) is 0 Å². The Balaban J connectivity index is 0.00000192. The number of nitrogens with two attached hydrogens (primary N) is 1. The van der Waals surface area contributed by atoms with Crippen LogP contribution in [-0.2, 0) is 11.3 Å². The number of anilines is 1. The van der Waals surface area contributed by atoms with E-state index in [0.29, 0.717) is 24.8 Å². The first-order valence-corrected chi connectivity index (χ1v) is 7.91. The maximum Gasteiger partial charge on any atom is 0.242 e. The monoisotopic (exact) mass is 376 g/mol. The number of aromatic nitrogens is 1. The molecule has 0 aliphatic carbocycles. The molecule has 0 bridgehead atoms. The summed E-state index contributed by atoms with van der Waals surface area (Å²) in [5.74, 6) is -0.737. The number of carbonyl (C=O) groups excluding carboxylic acids is 1. The number of piperazine rings is 1. The summed E-state index contributed by atoms with van der Waals surface area (Å²) in [6.45, 7) is 1.58. The van der Waals surface area contributed by atoms with E-state index >= 15 is 0 Å². The Morgan fingerprint density at radius 1 is 1.52 bits per heavy atom. The van der Waals surface area contributed by atoms with Gasteiger partial charge < -0.3 is 11.1 Å².